The molecule has 1 unspecified atom stereocenters. The molecule has 0 heterocycles. The average Bonchev–Trinajstić information content (AvgIpc) is 2.10. The van der Waals surface area contributed by atoms with E-state index in [9.17, 15) is 0 Å². The number of ether oxygens (including phenoxy) is 2. The highest BCUT2D eigenvalue weighted by Crippen LogP contribution is 2.12. The van der Waals surface area contributed by atoms with Crippen LogP contribution in [0.3, 0.4) is 0 Å². The van der Waals surface area contributed by atoms with E-state index in [1.165, 1.54) is 0 Å². The quantitative estimate of drug-likeness (QED) is 0.656. The Morgan fingerprint density at radius 3 is 2.14 bits per heavy atom. The second-order valence-electron chi connectivity index (χ2n) is 4.69. The van der Waals surface area contributed by atoms with Crippen molar-refractivity contribution in [1.29, 1.82) is 0 Å². The Morgan fingerprint density at radius 1 is 1.21 bits per heavy atom. The molecule has 0 aliphatic rings. The van der Waals surface area contributed by atoms with Gasteiger partial charge in [0.2, 0.25) is 0 Å². The van der Waals surface area contributed by atoms with Crippen LogP contribution in [0, 0.1) is 0 Å². The van der Waals surface area contributed by atoms with Crippen LogP contribution < -0.4 is 0 Å². The van der Waals surface area contributed by atoms with Crippen molar-refractivity contribution >= 4 is 0 Å². The fourth-order valence-corrected chi connectivity index (χ4v) is 1.11. The molecule has 0 amide bonds. The summed E-state index contributed by atoms with van der Waals surface area (Å²) in [5, 5.41) is 0. The van der Waals surface area contributed by atoms with Gasteiger partial charge in [0, 0.05) is 32.9 Å². The Morgan fingerprint density at radius 2 is 1.79 bits per heavy atom. The first-order chi connectivity index (χ1) is 6.41. The number of nitrogens with zero attached hydrogens (tertiary/aromatic N) is 1. The van der Waals surface area contributed by atoms with E-state index in [2.05, 4.69) is 32.7 Å². The van der Waals surface area contributed by atoms with E-state index >= 15 is 0 Å². The van der Waals surface area contributed by atoms with Crippen LogP contribution in [0.2, 0.25) is 0 Å². The monoisotopic (exact) mass is 203 g/mol. The Labute approximate surface area is 88.4 Å². The number of rotatable bonds is 6. The second kappa shape index (κ2) is 6.38. The molecule has 0 aromatic heterocycles. The van der Waals surface area contributed by atoms with Crippen LogP contribution in [0.25, 0.3) is 0 Å². The number of hydrogen-bond acceptors (Lipinski definition) is 3. The van der Waals surface area contributed by atoms with E-state index in [4.69, 9.17) is 9.47 Å². The molecule has 0 N–H and O–H groups in total. The molecular formula is C11H25NO2. The van der Waals surface area contributed by atoms with Gasteiger partial charge in [-0.15, -0.1) is 0 Å². The maximum absolute atomic E-state index is 5.40. The highest BCUT2D eigenvalue weighted by Gasteiger charge is 2.20. The third-order valence-electron chi connectivity index (χ3n) is 2.60. The molecule has 0 fully saturated rings. The largest absolute Gasteiger partial charge is 0.385 e. The summed E-state index contributed by atoms with van der Waals surface area (Å²) in [7, 11) is 5.61. The van der Waals surface area contributed by atoms with E-state index in [0.717, 1.165) is 19.6 Å². The molecule has 14 heavy (non-hydrogen) atoms. The molecule has 0 spiro atoms. The van der Waals surface area contributed by atoms with Crippen LogP contribution >= 0.6 is 0 Å². The minimum absolute atomic E-state index is 0.198. The van der Waals surface area contributed by atoms with Gasteiger partial charge in [-0.1, -0.05) is 0 Å². The topological polar surface area (TPSA) is 21.7 Å². The fourth-order valence-electron chi connectivity index (χ4n) is 1.11. The number of likely N-dealkylation sites (N-methyl/N-ethyl adjacent to an activating group) is 1. The summed E-state index contributed by atoms with van der Waals surface area (Å²) in [6.07, 6.45) is 1.21. The number of methoxy groups -OCH3 is 2. The van der Waals surface area contributed by atoms with E-state index in [0.29, 0.717) is 0 Å². The summed E-state index contributed by atoms with van der Waals surface area (Å²) in [5.74, 6) is 0. The zero-order valence-corrected chi connectivity index (χ0v) is 10.5. The van der Waals surface area contributed by atoms with Crippen molar-refractivity contribution in [2.45, 2.75) is 38.8 Å². The Kier molecular flexibility index (Phi) is 6.33. The van der Waals surface area contributed by atoms with E-state index < -0.39 is 0 Å². The fraction of sp³-hybridized carbons (Fsp3) is 1.00. The van der Waals surface area contributed by atoms with Crippen LogP contribution in [0.4, 0.5) is 0 Å². The molecule has 86 valence electrons. The molecular weight excluding hydrogens is 178 g/mol. The van der Waals surface area contributed by atoms with Gasteiger partial charge >= 0.3 is 0 Å². The Balaban J connectivity index is 3.92. The van der Waals surface area contributed by atoms with Gasteiger partial charge in [-0.3, -0.25) is 4.90 Å². The molecule has 0 aliphatic carbocycles. The summed E-state index contributed by atoms with van der Waals surface area (Å²) < 4.78 is 10.4. The summed E-state index contributed by atoms with van der Waals surface area (Å²) in [4.78, 5) is 2.30. The molecule has 0 aliphatic heterocycles. The zero-order chi connectivity index (χ0) is 11.2. The van der Waals surface area contributed by atoms with E-state index in [1.54, 1.807) is 14.2 Å². The molecule has 0 aromatic carbocycles. The summed E-state index contributed by atoms with van der Waals surface area (Å²) >= 11 is 0. The van der Waals surface area contributed by atoms with Crippen molar-refractivity contribution in [1.82, 2.24) is 4.90 Å². The first kappa shape index (κ1) is 13.9. The van der Waals surface area contributed by atoms with Crippen molar-refractivity contribution in [3.05, 3.63) is 0 Å². The highest BCUT2D eigenvalue weighted by molar-refractivity contribution is 4.75. The van der Waals surface area contributed by atoms with Crippen LogP contribution in [-0.2, 0) is 9.47 Å². The molecule has 0 bridgehead atoms. The number of hydrogen-bond donors (Lipinski definition) is 0. The highest BCUT2D eigenvalue weighted by atomic mass is 16.5. The van der Waals surface area contributed by atoms with Gasteiger partial charge in [0.15, 0.2) is 0 Å². The van der Waals surface area contributed by atoms with Gasteiger partial charge in [-0.2, -0.15) is 0 Å². The Hall–Kier alpha value is -0.120. The molecule has 0 radical (unpaired) electrons. The third kappa shape index (κ3) is 5.58. The van der Waals surface area contributed by atoms with Crippen LogP contribution in [0.15, 0.2) is 0 Å². The molecule has 0 aromatic rings. The molecule has 1 atom stereocenters. The minimum atomic E-state index is 0.198. The molecule has 3 nitrogen and oxygen atoms in total. The van der Waals surface area contributed by atoms with Crippen LogP contribution in [0.1, 0.15) is 27.2 Å². The minimum Gasteiger partial charge on any atom is -0.385 e. The summed E-state index contributed by atoms with van der Waals surface area (Å²) in [6.45, 7) is 8.32. The van der Waals surface area contributed by atoms with Gasteiger partial charge in [0.25, 0.3) is 0 Å². The lowest BCUT2D eigenvalue weighted by atomic mass is 10.1. The van der Waals surface area contributed by atoms with Crippen LogP contribution in [0.5, 0.6) is 0 Å². The van der Waals surface area contributed by atoms with Gasteiger partial charge < -0.3 is 9.47 Å². The van der Waals surface area contributed by atoms with Gasteiger partial charge in [0.1, 0.15) is 0 Å². The standard InChI is InChI=1S/C11H25NO2/c1-11(2,3)12(4)9-10(14-6)7-8-13-5/h10H,7-9H2,1-6H3. The van der Waals surface area contributed by atoms with Crippen molar-refractivity contribution in [2.75, 3.05) is 34.4 Å². The lowest BCUT2D eigenvalue weighted by Gasteiger charge is -2.34. The lowest BCUT2D eigenvalue weighted by Crippen LogP contribution is -2.43. The van der Waals surface area contributed by atoms with Crippen molar-refractivity contribution in [2.24, 2.45) is 0 Å². The molecule has 0 saturated carbocycles. The maximum Gasteiger partial charge on any atom is 0.0720 e. The van der Waals surface area contributed by atoms with Crippen molar-refractivity contribution in [3.63, 3.8) is 0 Å². The predicted molar refractivity (Wildman–Crippen MR) is 59.7 cm³/mol. The summed E-state index contributed by atoms with van der Waals surface area (Å²) in [5.41, 5.74) is 0.198. The smallest absolute Gasteiger partial charge is 0.0720 e. The first-order valence-corrected chi connectivity index (χ1v) is 5.14. The maximum atomic E-state index is 5.40. The normalized spacial score (nSPS) is 14.8. The SMILES string of the molecule is COCCC(CN(C)C(C)(C)C)OC. The predicted octanol–water partition coefficient (Wildman–Crippen LogP) is 1.77. The Bertz CT molecular complexity index is 143. The molecule has 0 rings (SSSR count). The first-order valence-electron chi connectivity index (χ1n) is 5.14. The summed E-state index contributed by atoms with van der Waals surface area (Å²) in [6, 6.07) is 0. The van der Waals surface area contributed by atoms with Gasteiger partial charge in [0.05, 0.1) is 6.10 Å². The van der Waals surface area contributed by atoms with Gasteiger partial charge in [-0.25, -0.2) is 0 Å². The van der Waals surface area contributed by atoms with Crippen molar-refractivity contribution < 1.29 is 9.47 Å². The van der Waals surface area contributed by atoms with Crippen molar-refractivity contribution in [3.8, 4) is 0 Å². The van der Waals surface area contributed by atoms with E-state index in [1.807, 2.05) is 0 Å². The van der Waals surface area contributed by atoms with Crippen LogP contribution in [-0.4, -0.2) is 51.0 Å². The molecule has 3 heteroatoms. The average molecular weight is 203 g/mol. The molecule has 0 saturated heterocycles. The van der Waals surface area contributed by atoms with E-state index in [-0.39, 0.29) is 11.6 Å². The lowest BCUT2D eigenvalue weighted by molar-refractivity contribution is 0.0233. The second-order valence-corrected chi connectivity index (χ2v) is 4.69. The third-order valence-corrected chi connectivity index (χ3v) is 2.60. The zero-order valence-electron chi connectivity index (χ0n) is 10.5. The van der Waals surface area contributed by atoms with Gasteiger partial charge in [-0.05, 0) is 34.2 Å².